The standard InChI is InChI=1S/C12H16N4O3/c1-9(17)15-5-7-16(8-6-15)12(18)10-3-4-11(19-2)14-13-10/h3-4H,5-8H2,1-2H3. The van der Waals surface area contributed by atoms with Crippen LogP contribution in [0.2, 0.25) is 0 Å². The first-order chi connectivity index (χ1) is 9.11. The van der Waals surface area contributed by atoms with Gasteiger partial charge in [0.25, 0.3) is 5.91 Å². The van der Waals surface area contributed by atoms with E-state index in [4.69, 9.17) is 4.74 Å². The van der Waals surface area contributed by atoms with Crippen molar-refractivity contribution in [2.75, 3.05) is 33.3 Å². The lowest BCUT2D eigenvalue weighted by Crippen LogP contribution is -2.50. The number of hydrogen-bond acceptors (Lipinski definition) is 5. The van der Waals surface area contributed by atoms with Crippen LogP contribution in [0.25, 0.3) is 0 Å². The van der Waals surface area contributed by atoms with Crippen LogP contribution in [0.1, 0.15) is 17.4 Å². The van der Waals surface area contributed by atoms with Crippen molar-refractivity contribution in [2.45, 2.75) is 6.92 Å². The van der Waals surface area contributed by atoms with Gasteiger partial charge in [0.05, 0.1) is 7.11 Å². The van der Waals surface area contributed by atoms with Crippen LogP contribution in [0.5, 0.6) is 5.88 Å². The average Bonchev–Trinajstić information content (AvgIpc) is 2.46. The molecule has 7 nitrogen and oxygen atoms in total. The zero-order valence-electron chi connectivity index (χ0n) is 11.0. The van der Waals surface area contributed by atoms with E-state index in [1.807, 2.05) is 0 Å². The molecule has 0 unspecified atom stereocenters. The van der Waals surface area contributed by atoms with Gasteiger partial charge in [-0.2, -0.15) is 0 Å². The van der Waals surface area contributed by atoms with Gasteiger partial charge >= 0.3 is 0 Å². The number of carbonyl (C=O) groups excluding carboxylic acids is 2. The minimum atomic E-state index is -0.168. The molecule has 0 spiro atoms. The highest BCUT2D eigenvalue weighted by molar-refractivity contribution is 5.92. The summed E-state index contributed by atoms with van der Waals surface area (Å²) in [4.78, 5) is 26.8. The predicted octanol–water partition coefficient (Wildman–Crippen LogP) is -0.211. The van der Waals surface area contributed by atoms with E-state index in [0.29, 0.717) is 32.1 Å². The third-order valence-electron chi connectivity index (χ3n) is 3.08. The summed E-state index contributed by atoms with van der Waals surface area (Å²) >= 11 is 0. The molecule has 7 heteroatoms. The first kappa shape index (κ1) is 13.3. The summed E-state index contributed by atoms with van der Waals surface area (Å²) in [6.45, 7) is 3.69. The van der Waals surface area contributed by atoms with Crippen LogP contribution in [-0.4, -0.2) is 65.1 Å². The van der Waals surface area contributed by atoms with Gasteiger partial charge < -0.3 is 14.5 Å². The highest BCUT2D eigenvalue weighted by Crippen LogP contribution is 2.09. The predicted molar refractivity (Wildman–Crippen MR) is 66.7 cm³/mol. The molecule has 0 aromatic carbocycles. The van der Waals surface area contributed by atoms with Gasteiger partial charge in [-0.15, -0.1) is 10.2 Å². The number of amides is 2. The van der Waals surface area contributed by atoms with Crippen molar-refractivity contribution in [1.82, 2.24) is 20.0 Å². The molecule has 0 saturated carbocycles. The molecule has 1 fully saturated rings. The number of piperazine rings is 1. The van der Waals surface area contributed by atoms with Gasteiger partial charge in [-0.3, -0.25) is 9.59 Å². The third kappa shape index (κ3) is 2.98. The van der Waals surface area contributed by atoms with Crippen LogP contribution >= 0.6 is 0 Å². The number of nitrogens with zero attached hydrogens (tertiary/aromatic N) is 4. The molecule has 19 heavy (non-hydrogen) atoms. The van der Waals surface area contributed by atoms with Crippen molar-refractivity contribution >= 4 is 11.8 Å². The zero-order chi connectivity index (χ0) is 13.8. The Labute approximate surface area is 111 Å². The van der Waals surface area contributed by atoms with Crippen LogP contribution in [0.15, 0.2) is 12.1 Å². The Morgan fingerprint density at radius 1 is 1.11 bits per heavy atom. The van der Waals surface area contributed by atoms with Crippen molar-refractivity contribution in [3.05, 3.63) is 17.8 Å². The minimum absolute atomic E-state index is 0.0383. The first-order valence-electron chi connectivity index (χ1n) is 6.04. The van der Waals surface area contributed by atoms with Crippen LogP contribution in [-0.2, 0) is 4.79 Å². The lowest BCUT2D eigenvalue weighted by molar-refractivity contribution is -0.130. The maximum atomic E-state index is 12.2. The fraction of sp³-hybridized carbons (Fsp3) is 0.500. The molecule has 1 aliphatic rings. The molecule has 2 rings (SSSR count). The van der Waals surface area contributed by atoms with Crippen LogP contribution in [0, 0.1) is 0 Å². The van der Waals surface area contributed by atoms with Crippen LogP contribution < -0.4 is 4.74 Å². The van der Waals surface area contributed by atoms with E-state index in [2.05, 4.69) is 10.2 Å². The molecular weight excluding hydrogens is 248 g/mol. The largest absolute Gasteiger partial charge is 0.480 e. The lowest BCUT2D eigenvalue weighted by Gasteiger charge is -2.33. The number of hydrogen-bond donors (Lipinski definition) is 0. The van der Waals surface area contributed by atoms with E-state index in [1.54, 1.807) is 21.9 Å². The van der Waals surface area contributed by atoms with Crippen molar-refractivity contribution in [3.8, 4) is 5.88 Å². The average molecular weight is 264 g/mol. The van der Waals surface area contributed by atoms with E-state index >= 15 is 0 Å². The quantitative estimate of drug-likeness (QED) is 0.738. The molecule has 1 saturated heterocycles. The molecule has 102 valence electrons. The first-order valence-corrected chi connectivity index (χ1v) is 6.04. The monoisotopic (exact) mass is 264 g/mol. The molecule has 0 bridgehead atoms. The molecular formula is C12H16N4O3. The molecule has 0 N–H and O–H groups in total. The Kier molecular flexibility index (Phi) is 3.94. The van der Waals surface area contributed by atoms with E-state index in [9.17, 15) is 9.59 Å². The topological polar surface area (TPSA) is 75.6 Å². The highest BCUT2D eigenvalue weighted by atomic mass is 16.5. The summed E-state index contributed by atoms with van der Waals surface area (Å²) in [5.41, 5.74) is 0.289. The van der Waals surface area contributed by atoms with Crippen LogP contribution in [0.3, 0.4) is 0 Å². The Morgan fingerprint density at radius 2 is 1.74 bits per heavy atom. The Hall–Kier alpha value is -2.18. The molecule has 2 heterocycles. The fourth-order valence-corrected chi connectivity index (χ4v) is 1.93. The second kappa shape index (κ2) is 5.64. The molecule has 1 aliphatic heterocycles. The third-order valence-corrected chi connectivity index (χ3v) is 3.08. The zero-order valence-corrected chi connectivity index (χ0v) is 11.0. The number of methoxy groups -OCH3 is 1. The molecule has 2 amide bonds. The molecule has 0 aliphatic carbocycles. The second-order valence-electron chi connectivity index (χ2n) is 4.26. The van der Waals surface area contributed by atoms with Gasteiger partial charge in [0.1, 0.15) is 0 Å². The summed E-state index contributed by atoms with van der Waals surface area (Å²) < 4.78 is 4.89. The molecule has 0 atom stereocenters. The van der Waals surface area contributed by atoms with E-state index in [0.717, 1.165) is 0 Å². The Bertz CT molecular complexity index is 466. The van der Waals surface area contributed by atoms with Crippen molar-refractivity contribution in [2.24, 2.45) is 0 Å². The van der Waals surface area contributed by atoms with Gasteiger partial charge in [-0.1, -0.05) is 0 Å². The molecule has 1 aromatic rings. The summed E-state index contributed by atoms with van der Waals surface area (Å²) in [7, 11) is 1.49. The SMILES string of the molecule is COc1ccc(C(=O)N2CCN(C(C)=O)CC2)nn1. The highest BCUT2D eigenvalue weighted by Gasteiger charge is 2.24. The number of ether oxygens (including phenoxy) is 1. The van der Waals surface area contributed by atoms with Gasteiger partial charge in [0, 0.05) is 39.2 Å². The maximum absolute atomic E-state index is 12.2. The molecule has 0 radical (unpaired) electrons. The van der Waals surface area contributed by atoms with E-state index < -0.39 is 0 Å². The Morgan fingerprint density at radius 3 is 2.21 bits per heavy atom. The number of aromatic nitrogens is 2. The van der Waals surface area contributed by atoms with Crippen molar-refractivity contribution < 1.29 is 14.3 Å². The van der Waals surface area contributed by atoms with E-state index in [-0.39, 0.29) is 17.5 Å². The van der Waals surface area contributed by atoms with Crippen molar-refractivity contribution in [3.63, 3.8) is 0 Å². The Balaban J connectivity index is 1.98. The normalized spacial score (nSPS) is 15.3. The van der Waals surface area contributed by atoms with Gasteiger partial charge in [-0.05, 0) is 6.07 Å². The molecule has 1 aromatic heterocycles. The maximum Gasteiger partial charge on any atom is 0.274 e. The lowest BCUT2D eigenvalue weighted by atomic mass is 10.2. The number of rotatable bonds is 2. The smallest absolute Gasteiger partial charge is 0.274 e. The van der Waals surface area contributed by atoms with Gasteiger partial charge in [0.2, 0.25) is 11.8 Å². The minimum Gasteiger partial charge on any atom is -0.480 e. The van der Waals surface area contributed by atoms with Gasteiger partial charge in [0.15, 0.2) is 5.69 Å². The fourth-order valence-electron chi connectivity index (χ4n) is 1.93. The second-order valence-corrected chi connectivity index (χ2v) is 4.26. The summed E-state index contributed by atoms with van der Waals surface area (Å²) in [6, 6.07) is 3.19. The van der Waals surface area contributed by atoms with E-state index in [1.165, 1.54) is 14.0 Å². The van der Waals surface area contributed by atoms with Crippen molar-refractivity contribution in [1.29, 1.82) is 0 Å². The van der Waals surface area contributed by atoms with Crippen LogP contribution in [0.4, 0.5) is 0 Å². The summed E-state index contributed by atoms with van der Waals surface area (Å²) in [5.74, 6) is 0.243. The number of carbonyl (C=O) groups is 2. The summed E-state index contributed by atoms with van der Waals surface area (Å²) in [5, 5.41) is 7.60. The van der Waals surface area contributed by atoms with Gasteiger partial charge in [-0.25, -0.2) is 0 Å². The summed E-state index contributed by atoms with van der Waals surface area (Å²) in [6.07, 6.45) is 0.